The Hall–Kier alpha value is -3.62. The van der Waals surface area contributed by atoms with Crippen molar-refractivity contribution in [1.82, 2.24) is 0 Å². The molecule has 0 aliphatic rings. The highest BCUT2D eigenvalue weighted by atomic mass is 32.2. The van der Waals surface area contributed by atoms with Crippen molar-refractivity contribution < 1.29 is 22.6 Å². The number of hydrogen-bond donors (Lipinski definition) is 1. The first-order valence-corrected chi connectivity index (χ1v) is 11.2. The van der Waals surface area contributed by atoms with Crippen molar-refractivity contribution in [2.24, 2.45) is 10.1 Å². The molecular weight excluding hydrogens is 428 g/mol. The van der Waals surface area contributed by atoms with Crippen LogP contribution in [0.1, 0.15) is 11.1 Å². The van der Waals surface area contributed by atoms with Crippen LogP contribution in [0.25, 0.3) is 6.08 Å². The molecule has 0 fully saturated rings. The van der Waals surface area contributed by atoms with Gasteiger partial charge in [-0.1, -0.05) is 36.4 Å². The predicted molar refractivity (Wildman–Crippen MR) is 126 cm³/mol. The van der Waals surface area contributed by atoms with Gasteiger partial charge in [-0.15, -0.1) is 0 Å². The molecule has 0 heterocycles. The fourth-order valence-electron chi connectivity index (χ4n) is 3.03. The average molecular weight is 453 g/mol. The lowest BCUT2D eigenvalue weighted by Gasteiger charge is -2.13. The maximum Gasteiger partial charge on any atom is 0.238 e. The molecule has 3 rings (SSSR count). The summed E-state index contributed by atoms with van der Waals surface area (Å²) in [6.07, 6.45) is 3.75. The van der Waals surface area contributed by atoms with Crippen molar-refractivity contribution >= 4 is 27.5 Å². The second-order valence-electron chi connectivity index (χ2n) is 6.69. The smallest absolute Gasteiger partial charge is 0.238 e. The summed E-state index contributed by atoms with van der Waals surface area (Å²) in [5.74, 6) is 1.60. The fourth-order valence-corrected chi connectivity index (χ4v) is 3.54. The van der Waals surface area contributed by atoms with Gasteiger partial charge < -0.3 is 14.2 Å². The summed E-state index contributed by atoms with van der Waals surface area (Å²) in [4.78, 5) is 4.73. The molecule has 0 aromatic heterocycles. The standard InChI is InChI=1S/C24H24N2O5S/c1-29-22-15-17(16-23(30-2)24(22)31-3)9-14-21(18-7-5-4-6-8-18)26-19-10-12-20(13-11-19)32(25,27)28/h4-16H,1-3H3,(H2,25,27,28)/b14-9+,26-21?. The van der Waals surface area contributed by atoms with E-state index in [2.05, 4.69) is 0 Å². The van der Waals surface area contributed by atoms with Gasteiger partial charge in [0.05, 0.1) is 37.6 Å². The predicted octanol–water partition coefficient (Wildman–Crippen LogP) is 4.19. The summed E-state index contributed by atoms with van der Waals surface area (Å²) in [5, 5.41) is 5.18. The highest BCUT2D eigenvalue weighted by Crippen LogP contribution is 2.38. The summed E-state index contributed by atoms with van der Waals surface area (Å²) in [5.41, 5.74) is 2.99. The molecule has 8 heteroatoms. The van der Waals surface area contributed by atoms with Crippen molar-refractivity contribution in [3.8, 4) is 17.2 Å². The lowest BCUT2D eigenvalue weighted by Crippen LogP contribution is -2.11. The Labute approximate surface area is 187 Å². The Morgan fingerprint density at radius 1 is 0.875 bits per heavy atom. The lowest BCUT2D eigenvalue weighted by atomic mass is 10.1. The normalized spacial score (nSPS) is 12.1. The second-order valence-corrected chi connectivity index (χ2v) is 8.26. The van der Waals surface area contributed by atoms with Crippen LogP contribution in [0, 0.1) is 0 Å². The zero-order chi connectivity index (χ0) is 23.1. The summed E-state index contributed by atoms with van der Waals surface area (Å²) in [6, 6.07) is 19.4. The highest BCUT2D eigenvalue weighted by molar-refractivity contribution is 7.89. The molecule has 0 saturated heterocycles. The Bertz CT molecular complexity index is 1210. The molecule has 0 bridgehead atoms. The zero-order valence-corrected chi connectivity index (χ0v) is 18.8. The molecule has 3 aromatic rings. The van der Waals surface area contributed by atoms with E-state index in [-0.39, 0.29) is 4.90 Å². The van der Waals surface area contributed by atoms with Crippen LogP contribution < -0.4 is 19.3 Å². The van der Waals surface area contributed by atoms with Gasteiger partial charge in [0.15, 0.2) is 11.5 Å². The first-order chi connectivity index (χ1) is 15.4. The average Bonchev–Trinajstić information content (AvgIpc) is 2.81. The molecule has 7 nitrogen and oxygen atoms in total. The van der Waals surface area contributed by atoms with Crippen molar-refractivity contribution in [2.45, 2.75) is 4.90 Å². The quantitative estimate of drug-likeness (QED) is 0.517. The van der Waals surface area contributed by atoms with E-state index in [9.17, 15) is 8.42 Å². The number of hydrogen-bond acceptors (Lipinski definition) is 6. The van der Waals surface area contributed by atoms with Crippen LogP contribution in [-0.4, -0.2) is 35.5 Å². The molecule has 3 aromatic carbocycles. The number of ether oxygens (including phenoxy) is 3. The third-order valence-electron chi connectivity index (χ3n) is 4.61. The topological polar surface area (TPSA) is 100 Å². The van der Waals surface area contributed by atoms with Crippen molar-refractivity contribution in [2.75, 3.05) is 21.3 Å². The number of allylic oxidation sites excluding steroid dienone is 1. The van der Waals surface area contributed by atoms with Crippen LogP contribution in [0.5, 0.6) is 17.2 Å². The third kappa shape index (κ3) is 5.54. The summed E-state index contributed by atoms with van der Waals surface area (Å²) in [6.45, 7) is 0. The van der Waals surface area contributed by atoms with E-state index >= 15 is 0 Å². The molecule has 0 unspecified atom stereocenters. The Morgan fingerprint density at radius 3 is 1.97 bits per heavy atom. The van der Waals surface area contributed by atoms with E-state index in [1.165, 1.54) is 12.1 Å². The first kappa shape index (κ1) is 23.1. The van der Waals surface area contributed by atoms with E-state index in [1.54, 1.807) is 33.5 Å². The number of aliphatic imine (C=N–C) groups is 1. The molecule has 2 N–H and O–H groups in total. The van der Waals surface area contributed by atoms with Gasteiger partial charge in [0, 0.05) is 5.56 Å². The lowest BCUT2D eigenvalue weighted by molar-refractivity contribution is 0.324. The molecular formula is C24H24N2O5S. The van der Waals surface area contributed by atoms with Crippen molar-refractivity contribution in [3.63, 3.8) is 0 Å². The van der Waals surface area contributed by atoms with E-state index in [4.69, 9.17) is 24.3 Å². The maximum absolute atomic E-state index is 11.5. The van der Waals surface area contributed by atoms with Crippen LogP contribution in [0.4, 0.5) is 5.69 Å². The minimum atomic E-state index is -3.76. The SMILES string of the molecule is COc1cc(/C=C/C(=Nc2ccc(S(N)(=O)=O)cc2)c2ccccc2)cc(OC)c1OC. The number of methoxy groups -OCH3 is 3. The van der Waals surface area contributed by atoms with Crippen LogP contribution in [0.3, 0.4) is 0 Å². The molecule has 0 aliphatic carbocycles. The number of nitrogens with zero attached hydrogens (tertiary/aromatic N) is 1. The molecule has 32 heavy (non-hydrogen) atoms. The van der Waals surface area contributed by atoms with Crippen LogP contribution in [0.2, 0.25) is 0 Å². The maximum atomic E-state index is 11.5. The van der Waals surface area contributed by atoms with Gasteiger partial charge in [0.2, 0.25) is 15.8 Å². The van der Waals surface area contributed by atoms with Crippen LogP contribution in [-0.2, 0) is 10.0 Å². The van der Waals surface area contributed by atoms with E-state index in [0.29, 0.717) is 28.6 Å². The number of benzene rings is 3. The Balaban J connectivity index is 2.03. The van der Waals surface area contributed by atoms with Gasteiger partial charge in [0.25, 0.3) is 0 Å². The number of primary sulfonamides is 1. The van der Waals surface area contributed by atoms with Crippen LogP contribution in [0.15, 0.2) is 82.7 Å². The first-order valence-electron chi connectivity index (χ1n) is 9.60. The van der Waals surface area contributed by atoms with Crippen LogP contribution >= 0.6 is 0 Å². The second kappa shape index (κ2) is 10.1. The highest BCUT2D eigenvalue weighted by Gasteiger charge is 2.12. The molecule has 0 radical (unpaired) electrons. The number of nitrogens with two attached hydrogens (primary N) is 1. The largest absolute Gasteiger partial charge is 0.493 e. The van der Waals surface area contributed by atoms with E-state index < -0.39 is 10.0 Å². The molecule has 166 valence electrons. The van der Waals surface area contributed by atoms with E-state index in [1.807, 2.05) is 54.6 Å². The van der Waals surface area contributed by atoms with Gasteiger partial charge in [0.1, 0.15) is 0 Å². The fraction of sp³-hybridized carbons (Fsp3) is 0.125. The summed E-state index contributed by atoms with van der Waals surface area (Å²) in [7, 11) is 0.916. The Kier molecular flexibility index (Phi) is 7.29. The van der Waals surface area contributed by atoms with Gasteiger partial charge in [-0.3, -0.25) is 0 Å². The Morgan fingerprint density at radius 2 is 1.47 bits per heavy atom. The zero-order valence-electron chi connectivity index (χ0n) is 18.0. The molecule has 0 amide bonds. The molecule has 0 spiro atoms. The van der Waals surface area contributed by atoms with Gasteiger partial charge >= 0.3 is 0 Å². The summed E-state index contributed by atoms with van der Waals surface area (Å²) < 4.78 is 39.2. The number of rotatable bonds is 8. The number of sulfonamides is 1. The van der Waals surface area contributed by atoms with E-state index in [0.717, 1.165) is 11.1 Å². The van der Waals surface area contributed by atoms with Crippen molar-refractivity contribution in [3.05, 3.63) is 83.9 Å². The minimum Gasteiger partial charge on any atom is -0.493 e. The monoisotopic (exact) mass is 452 g/mol. The molecule has 0 atom stereocenters. The third-order valence-corrected chi connectivity index (χ3v) is 5.53. The molecule has 0 saturated carbocycles. The minimum absolute atomic E-state index is 0.0330. The molecule has 0 aliphatic heterocycles. The van der Waals surface area contributed by atoms with Crippen molar-refractivity contribution in [1.29, 1.82) is 0 Å². The summed E-state index contributed by atoms with van der Waals surface area (Å²) >= 11 is 0. The van der Waals surface area contributed by atoms with Gasteiger partial charge in [-0.25, -0.2) is 18.5 Å². The van der Waals surface area contributed by atoms with Gasteiger partial charge in [-0.05, 0) is 48.0 Å². The van der Waals surface area contributed by atoms with Gasteiger partial charge in [-0.2, -0.15) is 0 Å².